The summed E-state index contributed by atoms with van der Waals surface area (Å²) in [6.45, 7) is 7.03. The third-order valence-electron chi connectivity index (χ3n) is 3.51. The molecule has 0 heterocycles. The Morgan fingerprint density at radius 1 is 1.10 bits per heavy atom. The zero-order chi connectivity index (χ0) is 15.4. The first-order chi connectivity index (χ1) is 10.0. The lowest BCUT2D eigenvalue weighted by Crippen LogP contribution is -2.23. The van der Waals surface area contributed by atoms with Crippen LogP contribution < -0.4 is 5.32 Å². The highest BCUT2D eigenvalue weighted by atomic mass is 79.9. The molecule has 1 atom stereocenters. The summed E-state index contributed by atoms with van der Waals surface area (Å²) in [5, 5.41) is 3.52. The average molecular weight is 350 g/mol. The Kier molecular flexibility index (Phi) is 5.54. The fourth-order valence-electron chi connectivity index (χ4n) is 2.50. The molecular weight excluding hydrogens is 329 g/mol. The van der Waals surface area contributed by atoms with Crippen molar-refractivity contribution in [3.63, 3.8) is 0 Å². The number of nitrogens with one attached hydrogen (secondary N) is 1. The molecule has 1 unspecified atom stereocenters. The number of hydrogen-bond acceptors (Lipinski definition) is 1. The standard InChI is InChI=1S/C18H21BrFN/c1-4-7-21-18(14-5-6-17(19)13(3)10-14)15-8-12(2)9-16(20)11-15/h5-6,8-11,18,21H,4,7H2,1-3H3. The second-order valence-electron chi connectivity index (χ2n) is 5.46. The number of aryl methyl sites for hydroxylation is 2. The summed E-state index contributed by atoms with van der Waals surface area (Å²) in [6, 6.07) is 11.5. The van der Waals surface area contributed by atoms with Crippen LogP contribution in [0.3, 0.4) is 0 Å². The fraction of sp³-hybridized carbons (Fsp3) is 0.333. The number of rotatable bonds is 5. The van der Waals surface area contributed by atoms with Crippen molar-refractivity contribution in [2.24, 2.45) is 0 Å². The van der Waals surface area contributed by atoms with Crippen LogP contribution in [0.15, 0.2) is 40.9 Å². The van der Waals surface area contributed by atoms with Crippen molar-refractivity contribution < 1.29 is 4.39 Å². The Balaban J connectivity index is 2.43. The highest BCUT2D eigenvalue weighted by molar-refractivity contribution is 9.10. The molecule has 0 fully saturated rings. The van der Waals surface area contributed by atoms with Crippen LogP contribution in [-0.2, 0) is 0 Å². The maximum atomic E-state index is 13.7. The molecule has 0 aliphatic rings. The molecule has 0 aliphatic carbocycles. The van der Waals surface area contributed by atoms with Gasteiger partial charge in [-0.1, -0.05) is 41.1 Å². The molecule has 0 saturated carbocycles. The smallest absolute Gasteiger partial charge is 0.123 e. The average Bonchev–Trinajstić information content (AvgIpc) is 2.42. The summed E-state index contributed by atoms with van der Waals surface area (Å²) in [7, 11) is 0. The number of halogens is 2. The highest BCUT2D eigenvalue weighted by Gasteiger charge is 2.15. The van der Waals surface area contributed by atoms with Gasteiger partial charge >= 0.3 is 0 Å². The molecule has 0 bridgehead atoms. The van der Waals surface area contributed by atoms with Crippen LogP contribution in [0, 0.1) is 19.7 Å². The minimum absolute atomic E-state index is 0.0196. The van der Waals surface area contributed by atoms with Crippen LogP contribution in [0.1, 0.15) is 41.6 Å². The molecule has 0 spiro atoms. The number of hydrogen-bond donors (Lipinski definition) is 1. The van der Waals surface area contributed by atoms with Crippen molar-refractivity contribution in [1.82, 2.24) is 5.32 Å². The molecule has 0 aromatic heterocycles. The molecule has 0 saturated heterocycles. The van der Waals surface area contributed by atoms with Crippen molar-refractivity contribution in [1.29, 1.82) is 0 Å². The van der Waals surface area contributed by atoms with E-state index in [0.717, 1.165) is 34.1 Å². The Hall–Kier alpha value is -1.19. The van der Waals surface area contributed by atoms with Crippen LogP contribution in [-0.4, -0.2) is 6.54 Å². The van der Waals surface area contributed by atoms with E-state index >= 15 is 0 Å². The SMILES string of the molecule is CCCNC(c1cc(C)cc(F)c1)c1ccc(Br)c(C)c1. The Morgan fingerprint density at radius 2 is 1.86 bits per heavy atom. The molecule has 0 amide bonds. The van der Waals surface area contributed by atoms with E-state index in [2.05, 4.69) is 53.3 Å². The molecule has 3 heteroatoms. The maximum absolute atomic E-state index is 13.7. The minimum atomic E-state index is -0.179. The van der Waals surface area contributed by atoms with Crippen molar-refractivity contribution in [3.8, 4) is 0 Å². The first kappa shape index (κ1) is 16.2. The van der Waals surface area contributed by atoms with Crippen molar-refractivity contribution in [2.75, 3.05) is 6.54 Å². The lowest BCUT2D eigenvalue weighted by atomic mass is 9.96. The largest absolute Gasteiger partial charge is 0.306 e. The molecule has 0 radical (unpaired) electrons. The van der Waals surface area contributed by atoms with Gasteiger partial charge in [-0.15, -0.1) is 0 Å². The molecule has 0 aliphatic heterocycles. The van der Waals surface area contributed by atoms with Crippen LogP contribution in [0.4, 0.5) is 4.39 Å². The van der Waals surface area contributed by atoms with E-state index in [1.54, 1.807) is 12.1 Å². The van der Waals surface area contributed by atoms with Crippen molar-refractivity contribution in [2.45, 2.75) is 33.2 Å². The molecule has 2 aromatic carbocycles. The summed E-state index contributed by atoms with van der Waals surface area (Å²) in [4.78, 5) is 0. The normalized spacial score (nSPS) is 12.4. The second-order valence-corrected chi connectivity index (χ2v) is 6.31. The Morgan fingerprint density at radius 3 is 2.48 bits per heavy atom. The van der Waals surface area contributed by atoms with Gasteiger partial charge in [-0.3, -0.25) is 0 Å². The van der Waals surface area contributed by atoms with E-state index < -0.39 is 0 Å². The molecule has 1 nitrogen and oxygen atoms in total. The number of benzene rings is 2. The summed E-state index contributed by atoms with van der Waals surface area (Å²) >= 11 is 3.53. The van der Waals surface area contributed by atoms with Crippen LogP contribution >= 0.6 is 15.9 Å². The fourth-order valence-corrected chi connectivity index (χ4v) is 2.74. The summed E-state index contributed by atoms with van der Waals surface area (Å²) in [6.07, 6.45) is 1.04. The van der Waals surface area contributed by atoms with Crippen LogP contribution in [0.2, 0.25) is 0 Å². The molecule has 21 heavy (non-hydrogen) atoms. The Bertz CT molecular complexity index is 604. The van der Waals surface area contributed by atoms with Gasteiger partial charge in [0, 0.05) is 4.47 Å². The predicted molar refractivity (Wildman–Crippen MR) is 90.2 cm³/mol. The predicted octanol–water partition coefficient (Wildman–Crippen LogP) is 5.29. The van der Waals surface area contributed by atoms with E-state index in [0.29, 0.717) is 0 Å². The first-order valence-electron chi connectivity index (χ1n) is 7.27. The van der Waals surface area contributed by atoms with Crippen LogP contribution in [0.25, 0.3) is 0 Å². The van der Waals surface area contributed by atoms with Gasteiger partial charge in [-0.05, 0) is 67.3 Å². The summed E-state index contributed by atoms with van der Waals surface area (Å²) < 4.78 is 14.8. The van der Waals surface area contributed by atoms with Gasteiger partial charge < -0.3 is 5.32 Å². The van der Waals surface area contributed by atoms with E-state index in [1.165, 1.54) is 5.56 Å². The van der Waals surface area contributed by atoms with Crippen LogP contribution in [0.5, 0.6) is 0 Å². The van der Waals surface area contributed by atoms with Crippen molar-refractivity contribution in [3.05, 3.63) is 68.9 Å². The van der Waals surface area contributed by atoms with Gasteiger partial charge in [-0.2, -0.15) is 0 Å². The molecular formula is C18H21BrFN. The van der Waals surface area contributed by atoms with Crippen molar-refractivity contribution >= 4 is 15.9 Å². The zero-order valence-electron chi connectivity index (χ0n) is 12.7. The molecule has 2 rings (SSSR count). The van der Waals surface area contributed by atoms with E-state index in [1.807, 2.05) is 13.0 Å². The van der Waals surface area contributed by atoms with Gasteiger partial charge in [0.1, 0.15) is 5.82 Å². The Labute approximate surface area is 134 Å². The van der Waals surface area contributed by atoms with E-state index in [9.17, 15) is 4.39 Å². The third kappa shape index (κ3) is 4.14. The van der Waals surface area contributed by atoms with Gasteiger partial charge in [0.15, 0.2) is 0 Å². The van der Waals surface area contributed by atoms with E-state index in [-0.39, 0.29) is 11.9 Å². The lowest BCUT2D eigenvalue weighted by molar-refractivity contribution is 0.584. The topological polar surface area (TPSA) is 12.0 Å². The van der Waals surface area contributed by atoms with E-state index in [4.69, 9.17) is 0 Å². The maximum Gasteiger partial charge on any atom is 0.123 e. The zero-order valence-corrected chi connectivity index (χ0v) is 14.3. The first-order valence-corrected chi connectivity index (χ1v) is 8.07. The molecule has 1 N–H and O–H groups in total. The monoisotopic (exact) mass is 349 g/mol. The van der Waals surface area contributed by atoms with Gasteiger partial charge in [0.2, 0.25) is 0 Å². The summed E-state index contributed by atoms with van der Waals surface area (Å²) in [5.74, 6) is -0.179. The molecule has 112 valence electrons. The third-order valence-corrected chi connectivity index (χ3v) is 4.40. The minimum Gasteiger partial charge on any atom is -0.306 e. The second kappa shape index (κ2) is 7.19. The van der Waals surface area contributed by atoms with Gasteiger partial charge in [-0.25, -0.2) is 4.39 Å². The quantitative estimate of drug-likeness (QED) is 0.772. The highest BCUT2D eigenvalue weighted by Crippen LogP contribution is 2.27. The van der Waals surface area contributed by atoms with Gasteiger partial charge in [0.05, 0.1) is 6.04 Å². The summed E-state index contributed by atoms with van der Waals surface area (Å²) in [5.41, 5.74) is 4.27. The lowest BCUT2D eigenvalue weighted by Gasteiger charge is -2.21. The molecule has 2 aromatic rings. The van der Waals surface area contributed by atoms with Gasteiger partial charge in [0.25, 0.3) is 0 Å².